The molecule has 1 aliphatic heterocycles. The van der Waals surface area contributed by atoms with Gasteiger partial charge in [0, 0.05) is 25.4 Å². The zero-order chi connectivity index (χ0) is 20.6. The number of nitrogen functional groups attached to an aromatic ring is 1. The number of aromatic nitrogens is 2. The van der Waals surface area contributed by atoms with Crippen LogP contribution in [0.1, 0.15) is 54.0 Å². The molecule has 0 atom stereocenters. The number of nitrogens with zero attached hydrogens (tertiary/aromatic N) is 2. The molecule has 0 bridgehead atoms. The molecule has 8 nitrogen and oxygen atoms in total. The molecule has 1 amide bonds. The molecule has 2 rings (SSSR count). The average molecular weight is 378 g/mol. The normalized spacial score (nSPS) is 19.3. The molecule has 3 N–H and O–H groups in total. The number of hydrogen-bond donors (Lipinski definition) is 2. The van der Waals surface area contributed by atoms with E-state index in [1.54, 1.807) is 17.9 Å². The summed E-state index contributed by atoms with van der Waals surface area (Å²) >= 11 is 0. The van der Waals surface area contributed by atoms with Gasteiger partial charge in [-0.05, 0) is 53.9 Å². The van der Waals surface area contributed by atoms with Crippen molar-refractivity contribution in [3.05, 3.63) is 17.2 Å². The van der Waals surface area contributed by atoms with Crippen molar-refractivity contribution < 1.29 is 18.8 Å². The summed E-state index contributed by atoms with van der Waals surface area (Å²) in [7, 11) is 1.17. The van der Waals surface area contributed by atoms with Gasteiger partial charge >= 0.3 is 13.2 Å². The topological polar surface area (TPSA) is 101 Å². The lowest BCUT2D eigenvalue weighted by Gasteiger charge is -2.32. The Morgan fingerprint density at radius 1 is 1.33 bits per heavy atom. The highest BCUT2D eigenvalue weighted by Gasteiger charge is 2.52. The number of nitrogens with one attached hydrogen (secondary N) is 1. The Bertz CT molecular complexity index is 718. The molecule has 2 heterocycles. The first-order chi connectivity index (χ1) is 12.2. The lowest BCUT2D eigenvalue weighted by molar-refractivity contribution is 0.00578. The van der Waals surface area contributed by atoms with Gasteiger partial charge in [-0.1, -0.05) is 6.08 Å². The monoisotopic (exact) mass is 378 g/mol. The number of carbonyl (C=O) groups excluding carboxylic acids is 1. The molecular weight excluding hydrogens is 347 g/mol. The summed E-state index contributed by atoms with van der Waals surface area (Å²) in [6.45, 7) is 13.5. The third-order valence-electron chi connectivity index (χ3n) is 4.62. The third-order valence-corrected chi connectivity index (χ3v) is 4.62. The van der Waals surface area contributed by atoms with E-state index in [0.717, 1.165) is 11.0 Å². The number of ether oxygens (including phenoxy) is 1. The Morgan fingerprint density at radius 3 is 2.33 bits per heavy atom. The molecule has 0 unspecified atom stereocenters. The van der Waals surface area contributed by atoms with Gasteiger partial charge in [-0.2, -0.15) is 5.10 Å². The lowest BCUT2D eigenvalue weighted by atomic mass is 9.77. The van der Waals surface area contributed by atoms with Gasteiger partial charge in [0.2, 0.25) is 0 Å². The predicted octanol–water partition coefficient (Wildman–Crippen LogP) is 2.54. The first-order valence-corrected chi connectivity index (χ1v) is 9.02. The van der Waals surface area contributed by atoms with Crippen LogP contribution in [0, 0.1) is 0 Å². The van der Waals surface area contributed by atoms with Crippen LogP contribution in [-0.2, 0) is 21.1 Å². The van der Waals surface area contributed by atoms with Crippen molar-refractivity contribution in [3.8, 4) is 0 Å². The number of carbonyl (C=O) groups is 1. The van der Waals surface area contributed by atoms with E-state index >= 15 is 0 Å². The number of anilines is 1. The van der Waals surface area contributed by atoms with Gasteiger partial charge < -0.3 is 25.1 Å². The van der Waals surface area contributed by atoms with Crippen LogP contribution in [0.2, 0.25) is 0 Å². The molecule has 1 aromatic rings. The van der Waals surface area contributed by atoms with Crippen molar-refractivity contribution in [2.24, 2.45) is 7.05 Å². The quantitative estimate of drug-likeness (QED) is 0.781. The van der Waals surface area contributed by atoms with Crippen LogP contribution < -0.4 is 11.1 Å². The first kappa shape index (κ1) is 21.3. The molecule has 0 aromatic carbocycles. The van der Waals surface area contributed by atoms with Crippen LogP contribution in [0.4, 0.5) is 10.6 Å². The zero-order valence-electron chi connectivity index (χ0n) is 17.5. The molecular formula is C18H31BN4O4. The number of hydrogen-bond acceptors (Lipinski definition) is 6. The Kier molecular flexibility index (Phi) is 5.68. The van der Waals surface area contributed by atoms with E-state index in [9.17, 15) is 4.79 Å². The third kappa shape index (κ3) is 5.26. The standard InChI is InChI=1S/C18H31BN4O4/c1-16(2,3)25-15(24)21-10-13(9-12-11-23(8)22-14(12)20)19-26-17(4,5)18(6,7)27-19/h9,11H,10H2,1-8H3,(H2,20,22)(H,21,24). The second-order valence-electron chi connectivity index (χ2n) is 8.81. The minimum Gasteiger partial charge on any atom is -0.444 e. The van der Waals surface area contributed by atoms with Crippen LogP contribution in [0.15, 0.2) is 11.7 Å². The van der Waals surface area contributed by atoms with Gasteiger partial charge in [0.25, 0.3) is 0 Å². The predicted molar refractivity (Wildman–Crippen MR) is 106 cm³/mol. The van der Waals surface area contributed by atoms with E-state index in [2.05, 4.69) is 10.4 Å². The van der Waals surface area contributed by atoms with Gasteiger partial charge in [0.15, 0.2) is 5.82 Å². The van der Waals surface area contributed by atoms with E-state index < -0.39 is 30.0 Å². The summed E-state index contributed by atoms with van der Waals surface area (Å²) in [5.74, 6) is 0.392. The maximum absolute atomic E-state index is 12.1. The summed E-state index contributed by atoms with van der Waals surface area (Å²) in [4.78, 5) is 12.1. The molecule has 1 saturated heterocycles. The average Bonchev–Trinajstić information content (AvgIpc) is 2.88. The number of aryl methyl sites for hydroxylation is 1. The Labute approximate surface area is 161 Å². The maximum Gasteiger partial charge on any atom is 0.492 e. The molecule has 0 radical (unpaired) electrons. The summed E-state index contributed by atoms with van der Waals surface area (Å²) in [6, 6.07) is 0. The van der Waals surface area contributed by atoms with Crippen LogP contribution in [0.25, 0.3) is 6.08 Å². The summed E-state index contributed by atoms with van der Waals surface area (Å²) in [5, 5.41) is 6.91. The molecule has 1 aliphatic rings. The Balaban J connectivity index is 2.25. The van der Waals surface area contributed by atoms with E-state index in [0.29, 0.717) is 5.82 Å². The van der Waals surface area contributed by atoms with Crippen molar-refractivity contribution in [2.45, 2.75) is 65.3 Å². The van der Waals surface area contributed by atoms with Crippen molar-refractivity contribution >= 4 is 25.1 Å². The van der Waals surface area contributed by atoms with Gasteiger partial charge in [0.05, 0.1) is 11.2 Å². The fourth-order valence-corrected chi connectivity index (χ4v) is 2.52. The van der Waals surface area contributed by atoms with E-state index in [1.807, 2.05) is 54.5 Å². The van der Waals surface area contributed by atoms with E-state index in [-0.39, 0.29) is 6.54 Å². The molecule has 27 heavy (non-hydrogen) atoms. The number of nitrogens with two attached hydrogens (primary N) is 1. The summed E-state index contributed by atoms with van der Waals surface area (Å²) in [5.41, 5.74) is 5.84. The van der Waals surface area contributed by atoms with Crippen LogP contribution in [0.5, 0.6) is 0 Å². The van der Waals surface area contributed by atoms with Crippen LogP contribution in [0.3, 0.4) is 0 Å². The lowest BCUT2D eigenvalue weighted by Crippen LogP contribution is -2.41. The highest BCUT2D eigenvalue weighted by molar-refractivity contribution is 6.56. The Morgan fingerprint density at radius 2 is 1.89 bits per heavy atom. The van der Waals surface area contributed by atoms with Crippen molar-refractivity contribution in [1.29, 1.82) is 0 Å². The van der Waals surface area contributed by atoms with Crippen molar-refractivity contribution in [3.63, 3.8) is 0 Å². The minimum atomic E-state index is -0.621. The van der Waals surface area contributed by atoms with E-state index in [1.165, 1.54) is 0 Å². The molecule has 150 valence electrons. The molecule has 0 spiro atoms. The zero-order valence-corrected chi connectivity index (χ0v) is 17.5. The van der Waals surface area contributed by atoms with Crippen LogP contribution >= 0.6 is 0 Å². The smallest absolute Gasteiger partial charge is 0.444 e. The SMILES string of the molecule is Cn1cc(C=C(CNC(=O)OC(C)(C)C)B2OC(C)(C)C(C)(C)O2)c(N)n1. The van der Waals surface area contributed by atoms with Crippen molar-refractivity contribution in [2.75, 3.05) is 12.3 Å². The highest BCUT2D eigenvalue weighted by atomic mass is 16.7. The molecule has 0 saturated carbocycles. The minimum absolute atomic E-state index is 0.195. The number of alkyl carbamates (subject to hydrolysis) is 1. The molecule has 1 fully saturated rings. The van der Waals surface area contributed by atoms with Crippen molar-refractivity contribution in [1.82, 2.24) is 15.1 Å². The number of rotatable bonds is 4. The van der Waals surface area contributed by atoms with E-state index in [4.69, 9.17) is 19.8 Å². The number of amides is 1. The van der Waals surface area contributed by atoms with Gasteiger partial charge in [-0.3, -0.25) is 4.68 Å². The van der Waals surface area contributed by atoms with Gasteiger partial charge in [-0.25, -0.2) is 4.79 Å². The van der Waals surface area contributed by atoms with Gasteiger partial charge in [0.1, 0.15) is 5.60 Å². The second-order valence-corrected chi connectivity index (χ2v) is 8.81. The summed E-state index contributed by atoms with van der Waals surface area (Å²) < 4.78 is 19.2. The van der Waals surface area contributed by atoms with Gasteiger partial charge in [-0.15, -0.1) is 0 Å². The second kappa shape index (κ2) is 7.20. The first-order valence-electron chi connectivity index (χ1n) is 9.02. The molecule has 1 aromatic heterocycles. The highest BCUT2D eigenvalue weighted by Crippen LogP contribution is 2.38. The summed E-state index contributed by atoms with van der Waals surface area (Å²) in [6.07, 6.45) is 3.12. The largest absolute Gasteiger partial charge is 0.492 e. The maximum atomic E-state index is 12.1. The Hall–Kier alpha value is -2.00. The van der Waals surface area contributed by atoms with Crippen LogP contribution in [-0.4, -0.2) is 46.3 Å². The molecule has 9 heteroatoms. The fraction of sp³-hybridized carbons (Fsp3) is 0.667. The molecule has 0 aliphatic carbocycles. The fourth-order valence-electron chi connectivity index (χ4n) is 2.52.